The molecule has 5 heteroatoms. The van der Waals surface area contributed by atoms with Crippen molar-refractivity contribution in [3.8, 4) is 0 Å². The van der Waals surface area contributed by atoms with E-state index in [9.17, 15) is 4.79 Å². The van der Waals surface area contributed by atoms with Crippen LogP contribution in [0.2, 0.25) is 5.02 Å². The highest BCUT2D eigenvalue weighted by atomic mass is 35.5. The second-order valence-electron chi connectivity index (χ2n) is 3.58. The zero-order valence-electron chi connectivity index (χ0n) is 8.70. The Morgan fingerprint density at radius 2 is 2.19 bits per heavy atom. The van der Waals surface area contributed by atoms with Gasteiger partial charge in [0.1, 0.15) is 0 Å². The number of amides is 1. The molecule has 16 heavy (non-hydrogen) atoms. The van der Waals surface area contributed by atoms with Crippen molar-refractivity contribution in [3.05, 3.63) is 29.3 Å². The van der Waals surface area contributed by atoms with Crippen LogP contribution >= 0.6 is 23.4 Å². The minimum Gasteiger partial charge on any atom is -0.325 e. The summed E-state index contributed by atoms with van der Waals surface area (Å²) in [5, 5.41) is 6.73. The largest absolute Gasteiger partial charge is 0.325 e. The van der Waals surface area contributed by atoms with E-state index in [4.69, 9.17) is 11.6 Å². The van der Waals surface area contributed by atoms with Crippen molar-refractivity contribution in [2.45, 2.75) is 6.04 Å². The van der Waals surface area contributed by atoms with Crippen molar-refractivity contribution < 1.29 is 4.79 Å². The smallest absolute Gasteiger partial charge is 0.242 e. The molecule has 0 aliphatic carbocycles. The van der Waals surface area contributed by atoms with E-state index < -0.39 is 0 Å². The van der Waals surface area contributed by atoms with Gasteiger partial charge in [0.15, 0.2) is 0 Å². The average Bonchev–Trinajstić information content (AvgIpc) is 2.33. The fourth-order valence-electron chi connectivity index (χ4n) is 1.50. The van der Waals surface area contributed by atoms with Crippen LogP contribution in [0.15, 0.2) is 24.3 Å². The van der Waals surface area contributed by atoms with Crippen LogP contribution in [0.25, 0.3) is 0 Å². The lowest BCUT2D eigenvalue weighted by atomic mass is 10.2. The third kappa shape index (κ3) is 3.14. The Hall–Kier alpha value is -0.710. The first-order chi connectivity index (χ1) is 7.75. The van der Waals surface area contributed by atoms with Crippen LogP contribution in [0, 0.1) is 0 Å². The molecule has 1 aromatic rings. The molecule has 1 saturated heterocycles. The zero-order chi connectivity index (χ0) is 11.4. The van der Waals surface area contributed by atoms with Crippen molar-refractivity contribution in [2.24, 2.45) is 0 Å². The molecule has 0 bridgehead atoms. The maximum Gasteiger partial charge on any atom is 0.242 e. The van der Waals surface area contributed by atoms with Gasteiger partial charge in [-0.2, -0.15) is 11.8 Å². The van der Waals surface area contributed by atoms with E-state index >= 15 is 0 Å². The first-order valence-corrected chi connectivity index (χ1v) is 6.66. The molecule has 0 spiro atoms. The first-order valence-electron chi connectivity index (χ1n) is 5.13. The van der Waals surface area contributed by atoms with E-state index in [0.29, 0.717) is 5.02 Å². The van der Waals surface area contributed by atoms with Crippen LogP contribution < -0.4 is 10.6 Å². The highest BCUT2D eigenvalue weighted by Gasteiger charge is 2.20. The number of thioether (sulfide) groups is 1. The molecule has 1 amide bonds. The number of carbonyl (C=O) groups is 1. The lowest BCUT2D eigenvalue weighted by Crippen LogP contribution is -2.46. The maximum atomic E-state index is 11.8. The van der Waals surface area contributed by atoms with Crippen molar-refractivity contribution in [3.63, 3.8) is 0 Å². The van der Waals surface area contributed by atoms with E-state index in [1.165, 1.54) is 0 Å². The number of anilines is 1. The number of hydrogen-bond acceptors (Lipinski definition) is 3. The summed E-state index contributed by atoms with van der Waals surface area (Å²) in [5.74, 6) is 1.93. The molecule has 1 aromatic carbocycles. The summed E-state index contributed by atoms with van der Waals surface area (Å²) in [6.45, 7) is 0.892. The van der Waals surface area contributed by atoms with Gasteiger partial charge in [-0.25, -0.2) is 0 Å². The quantitative estimate of drug-likeness (QED) is 0.850. The van der Waals surface area contributed by atoms with Crippen LogP contribution in [-0.2, 0) is 4.79 Å². The van der Waals surface area contributed by atoms with Crippen molar-refractivity contribution in [2.75, 3.05) is 23.4 Å². The third-order valence-electron chi connectivity index (χ3n) is 2.35. The minimum atomic E-state index is -0.0885. The lowest BCUT2D eigenvalue weighted by Gasteiger charge is -2.22. The molecule has 1 aliphatic rings. The Bertz CT molecular complexity index is 363. The molecule has 1 heterocycles. The van der Waals surface area contributed by atoms with Gasteiger partial charge in [0, 0.05) is 28.8 Å². The number of carbonyl (C=O) groups excluding carboxylic acids is 1. The summed E-state index contributed by atoms with van der Waals surface area (Å²) < 4.78 is 0. The topological polar surface area (TPSA) is 41.1 Å². The molecule has 3 nitrogen and oxygen atoms in total. The van der Waals surface area contributed by atoms with Crippen LogP contribution in [0.4, 0.5) is 5.69 Å². The normalized spacial score (nSPS) is 20.4. The van der Waals surface area contributed by atoms with Gasteiger partial charge in [0.25, 0.3) is 0 Å². The third-order valence-corrected chi connectivity index (χ3v) is 3.66. The predicted octanol–water partition coefficient (Wildman–Crippen LogP) is 1.98. The van der Waals surface area contributed by atoms with Crippen molar-refractivity contribution in [1.29, 1.82) is 0 Å². The number of halogens is 1. The van der Waals surface area contributed by atoms with E-state index in [-0.39, 0.29) is 11.9 Å². The van der Waals surface area contributed by atoms with Gasteiger partial charge in [-0.3, -0.25) is 4.79 Å². The molecule has 1 unspecified atom stereocenters. The summed E-state index contributed by atoms with van der Waals surface area (Å²) in [7, 11) is 0. The molecule has 1 aliphatic heterocycles. The first kappa shape index (κ1) is 11.8. The number of hydrogen-bond donors (Lipinski definition) is 2. The highest BCUT2D eigenvalue weighted by molar-refractivity contribution is 7.99. The molecular weight excluding hydrogens is 244 g/mol. The van der Waals surface area contributed by atoms with Gasteiger partial charge in [-0.1, -0.05) is 11.6 Å². The fraction of sp³-hybridized carbons (Fsp3) is 0.364. The monoisotopic (exact) mass is 256 g/mol. The minimum absolute atomic E-state index is 0.0227. The number of nitrogens with one attached hydrogen (secondary N) is 2. The summed E-state index contributed by atoms with van der Waals surface area (Å²) in [5.41, 5.74) is 0.784. The van der Waals surface area contributed by atoms with E-state index in [2.05, 4.69) is 10.6 Å². The Kier molecular flexibility index (Phi) is 4.09. The molecule has 2 N–H and O–H groups in total. The SMILES string of the molecule is O=C(Nc1ccc(Cl)cc1)C1CSCCN1. The zero-order valence-corrected chi connectivity index (χ0v) is 10.3. The van der Waals surface area contributed by atoms with E-state index in [1.807, 2.05) is 0 Å². The Balaban J connectivity index is 1.93. The van der Waals surface area contributed by atoms with Crippen LogP contribution in [0.1, 0.15) is 0 Å². The summed E-state index contributed by atoms with van der Waals surface area (Å²) in [6, 6.07) is 7.04. The molecule has 0 radical (unpaired) electrons. The van der Waals surface area contributed by atoms with Crippen LogP contribution in [0.3, 0.4) is 0 Å². The van der Waals surface area contributed by atoms with Crippen LogP contribution in [-0.4, -0.2) is 30.0 Å². The molecule has 1 fully saturated rings. The molecule has 2 rings (SSSR count). The average molecular weight is 257 g/mol. The second-order valence-corrected chi connectivity index (χ2v) is 5.16. The maximum absolute atomic E-state index is 11.8. The van der Waals surface area contributed by atoms with Gasteiger partial charge in [-0.15, -0.1) is 0 Å². The highest BCUT2D eigenvalue weighted by Crippen LogP contribution is 2.15. The van der Waals surface area contributed by atoms with Gasteiger partial charge < -0.3 is 10.6 Å². The summed E-state index contributed by atoms with van der Waals surface area (Å²) in [6.07, 6.45) is 0. The molecule has 1 atom stereocenters. The Morgan fingerprint density at radius 3 is 2.81 bits per heavy atom. The lowest BCUT2D eigenvalue weighted by molar-refractivity contribution is -0.117. The molecular formula is C11H13ClN2OS. The fourth-order valence-corrected chi connectivity index (χ4v) is 2.56. The number of benzene rings is 1. The van der Waals surface area contributed by atoms with Gasteiger partial charge in [-0.05, 0) is 24.3 Å². The van der Waals surface area contributed by atoms with E-state index in [1.54, 1.807) is 36.0 Å². The molecule has 0 saturated carbocycles. The Morgan fingerprint density at radius 1 is 1.44 bits per heavy atom. The van der Waals surface area contributed by atoms with E-state index in [0.717, 1.165) is 23.7 Å². The summed E-state index contributed by atoms with van der Waals surface area (Å²) >= 11 is 7.57. The Labute approximate surface area is 104 Å². The van der Waals surface area contributed by atoms with Gasteiger partial charge >= 0.3 is 0 Å². The second kappa shape index (κ2) is 5.57. The van der Waals surface area contributed by atoms with Crippen LogP contribution in [0.5, 0.6) is 0 Å². The van der Waals surface area contributed by atoms with Crippen molar-refractivity contribution >= 4 is 35.0 Å². The number of rotatable bonds is 2. The standard InChI is InChI=1S/C11H13ClN2OS/c12-8-1-3-9(4-2-8)14-11(15)10-7-16-6-5-13-10/h1-4,10,13H,5-7H2,(H,14,15). The van der Waals surface area contributed by atoms with Gasteiger partial charge in [0.2, 0.25) is 5.91 Å². The van der Waals surface area contributed by atoms with Gasteiger partial charge in [0.05, 0.1) is 6.04 Å². The van der Waals surface area contributed by atoms with Crippen molar-refractivity contribution in [1.82, 2.24) is 5.32 Å². The molecule has 0 aromatic heterocycles. The molecule has 86 valence electrons. The summed E-state index contributed by atoms with van der Waals surface area (Å²) in [4.78, 5) is 11.8. The predicted molar refractivity (Wildman–Crippen MR) is 69.2 cm³/mol.